The van der Waals surface area contributed by atoms with Crippen LogP contribution in [0.5, 0.6) is 0 Å². The fourth-order valence-corrected chi connectivity index (χ4v) is 1.86. The van der Waals surface area contributed by atoms with Gasteiger partial charge in [0.1, 0.15) is 5.82 Å². The highest BCUT2D eigenvalue weighted by atomic mass is 19.1. The molecule has 0 saturated carbocycles. The van der Waals surface area contributed by atoms with Crippen LogP contribution in [0, 0.1) is 5.82 Å². The van der Waals surface area contributed by atoms with Gasteiger partial charge in [-0.1, -0.05) is 36.4 Å². The molecule has 0 spiro atoms. The highest BCUT2D eigenvalue weighted by molar-refractivity contribution is 6.08. The predicted octanol–water partition coefficient (Wildman–Crippen LogP) is 1.31. The van der Waals surface area contributed by atoms with Crippen molar-refractivity contribution in [2.45, 2.75) is 0 Å². The summed E-state index contributed by atoms with van der Waals surface area (Å²) >= 11 is 0. The van der Waals surface area contributed by atoms with Gasteiger partial charge in [0.2, 0.25) is 0 Å². The number of hydrazine groups is 2. The molecule has 0 fully saturated rings. The lowest BCUT2D eigenvalue weighted by atomic mass is 9.99. The topological polar surface area (TPSA) is 96.2 Å². The number of carbonyl (C=O) groups is 2. The minimum absolute atomic E-state index is 0.176. The van der Waals surface area contributed by atoms with Crippen LogP contribution >= 0.6 is 0 Å². The molecule has 0 aliphatic carbocycles. The Hall–Kier alpha value is -2.77. The Kier molecular flexibility index (Phi) is 4.60. The lowest BCUT2D eigenvalue weighted by Crippen LogP contribution is -2.49. The summed E-state index contributed by atoms with van der Waals surface area (Å²) < 4.78 is 13.9. The van der Waals surface area contributed by atoms with Crippen molar-refractivity contribution in [2.75, 3.05) is 0 Å². The van der Waals surface area contributed by atoms with Gasteiger partial charge in [-0.15, -0.1) is 0 Å². The van der Waals surface area contributed by atoms with Crippen LogP contribution in [0.2, 0.25) is 0 Å². The third kappa shape index (κ3) is 3.41. The predicted molar refractivity (Wildman–Crippen MR) is 75.2 cm³/mol. The number of hydrogen-bond acceptors (Lipinski definition) is 4. The van der Waals surface area contributed by atoms with Crippen LogP contribution in [-0.4, -0.2) is 11.9 Å². The standard InChI is InChI=1S/C14H13FN4O2/c15-12-8-4-3-6-10(12)9-5-1-2-7-11(9)13(20)17-14(21)18-19-16/h1-8,19H,16H2,(H2,17,18,20,21). The minimum Gasteiger partial charge on any atom is -0.273 e. The Bertz CT molecular complexity index is 676. The number of nitrogens with one attached hydrogen (secondary N) is 3. The third-order valence-corrected chi connectivity index (χ3v) is 2.75. The fraction of sp³-hybridized carbons (Fsp3) is 0. The summed E-state index contributed by atoms with van der Waals surface area (Å²) in [4.78, 5) is 23.4. The summed E-state index contributed by atoms with van der Waals surface area (Å²) in [5, 5.41) is 2.07. The summed E-state index contributed by atoms with van der Waals surface area (Å²) in [6, 6.07) is 11.7. The Morgan fingerprint density at radius 2 is 1.57 bits per heavy atom. The van der Waals surface area contributed by atoms with Crippen molar-refractivity contribution < 1.29 is 14.0 Å². The molecule has 0 unspecified atom stereocenters. The molecule has 21 heavy (non-hydrogen) atoms. The molecule has 2 aromatic carbocycles. The average Bonchev–Trinajstić information content (AvgIpc) is 2.48. The second-order valence-electron chi connectivity index (χ2n) is 4.08. The van der Waals surface area contributed by atoms with E-state index in [0.29, 0.717) is 5.56 Å². The van der Waals surface area contributed by atoms with E-state index >= 15 is 0 Å². The smallest absolute Gasteiger partial charge is 0.273 e. The van der Waals surface area contributed by atoms with Gasteiger partial charge in [-0.2, -0.15) is 5.53 Å². The summed E-state index contributed by atoms with van der Waals surface area (Å²) in [6.07, 6.45) is 0. The zero-order chi connectivity index (χ0) is 15.2. The molecule has 0 atom stereocenters. The van der Waals surface area contributed by atoms with E-state index < -0.39 is 17.8 Å². The van der Waals surface area contributed by atoms with Crippen LogP contribution in [0.3, 0.4) is 0 Å². The lowest BCUT2D eigenvalue weighted by molar-refractivity contribution is 0.0963. The van der Waals surface area contributed by atoms with Gasteiger partial charge < -0.3 is 0 Å². The third-order valence-electron chi connectivity index (χ3n) is 2.75. The van der Waals surface area contributed by atoms with Crippen molar-refractivity contribution in [1.29, 1.82) is 0 Å². The number of imide groups is 1. The van der Waals surface area contributed by atoms with Crippen LogP contribution in [0.1, 0.15) is 10.4 Å². The largest absolute Gasteiger partial charge is 0.337 e. The first-order valence-corrected chi connectivity index (χ1v) is 6.04. The maximum absolute atomic E-state index is 13.9. The van der Waals surface area contributed by atoms with Crippen molar-refractivity contribution in [3.63, 3.8) is 0 Å². The van der Waals surface area contributed by atoms with E-state index in [-0.39, 0.29) is 11.1 Å². The molecular formula is C14H13FN4O2. The Labute approximate surface area is 120 Å². The molecule has 7 heteroatoms. The van der Waals surface area contributed by atoms with Crippen LogP contribution in [0.4, 0.5) is 9.18 Å². The second kappa shape index (κ2) is 6.60. The van der Waals surface area contributed by atoms with E-state index in [9.17, 15) is 14.0 Å². The highest BCUT2D eigenvalue weighted by Crippen LogP contribution is 2.26. The molecule has 0 radical (unpaired) electrons. The Balaban J connectivity index is 2.36. The number of amides is 3. The first-order valence-electron chi connectivity index (χ1n) is 6.04. The SMILES string of the molecule is NNNC(=O)NC(=O)c1ccccc1-c1ccccc1F. The van der Waals surface area contributed by atoms with Gasteiger partial charge in [-0.3, -0.25) is 21.4 Å². The van der Waals surface area contributed by atoms with Crippen molar-refractivity contribution in [1.82, 2.24) is 16.3 Å². The first kappa shape index (κ1) is 14.6. The van der Waals surface area contributed by atoms with Gasteiger partial charge in [0.15, 0.2) is 0 Å². The van der Waals surface area contributed by atoms with Crippen LogP contribution < -0.4 is 22.1 Å². The summed E-state index contributed by atoms with van der Waals surface area (Å²) in [7, 11) is 0. The normalized spacial score (nSPS) is 10.0. The maximum atomic E-state index is 13.9. The molecule has 5 N–H and O–H groups in total. The van der Waals surface area contributed by atoms with Gasteiger partial charge in [0.25, 0.3) is 5.91 Å². The van der Waals surface area contributed by atoms with E-state index in [4.69, 9.17) is 5.84 Å². The lowest BCUT2D eigenvalue weighted by Gasteiger charge is -2.10. The summed E-state index contributed by atoms with van der Waals surface area (Å²) in [5.74, 6) is 3.78. The van der Waals surface area contributed by atoms with Gasteiger partial charge in [0, 0.05) is 11.1 Å². The van der Waals surface area contributed by atoms with Crippen molar-refractivity contribution in [2.24, 2.45) is 5.84 Å². The molecule has 0 aliphatic rings. The van der Waals surface area contributed by atoms with Gasteiger partial charge in [-0.25, -0.2) is 9.18 Å². The Morgan fingerprint density at radius 1 is 0.952 bits per heavy atom. The minimum atomic E-state index is -0.814. The average molecular weight is 288 g/mol. The molecule has 0 saturated heterocycles. The van der Waals surface area contributed by atoms with Gasteiger partial charge in [0.05, 0.1) is 0 Å². The monoisotopic (exact) mass is 288 g/mol. The van der Waals surface area contributed by atoms with Crippen molar-refractivity contribution in [3.05, 3.63) is 59.9 Å². The molecule has 2 rings (SSSR count). The van der Waals surface area contributed by atoms with E-state index in [2.05, 4.69) is 5.32 Å². The number of hydrogen-bond donors (Lipinski definition) is 4. The highest BCUT2D eigenvalue weighted by Gasteiger charge is 2.16. The number of carbonyl (C=O) groups excluding carboxylic acids is 2. The molecule has 2 aromatic rings. The number of urea groups is 1. The van der Waals surface area contributed by atoms with Gasteiger partial charge >= 0.3 is 6.03 Å². The molecule has 0 aromatic heterocycles. The molecular weight excluding hydrogens is 275 g/mol. The molecule has 6 nitrogen and oxygen atoms in total. The first-order chi connectivity index (χ1) is 10.1. The van der Waals surface area contributed by atoms with Crippen molar-refractivity contribution >= 4 is 11.9 Å². The molecule has 0 aliphatic heterocycles. The van der Waals surface area contributed by atoms with Crippen molar-refractivity contribution in [3.8, 4) is 11.1 Å². The Morgan fingerprint density at radius 3 is 2.24 bits per heavy atom. The van der Waals surface area contributed by atoms with Crippen LogP contribution in [0.15, 0.2) is 48.5 Å². The second-order valence-corrected chi connectivity index (χ2v) is 4.08. The quantitative estimate of drug-likeness (QED) is 0.506. The van der Waals surface area contributed by atoms with Gasteiger partial charge in [-0.05, 0) is 17.7 Å². The van der Waals surface area contributed by atoms with Crippen LogP contribution in [0.25, 0.3) is 11.1 Å². The fourth-order valence-electron chi connectivity index (χ4n) is 1.86. The zero-order valence-corrected chi connectivity index (χ0v) is 10.9. The number of rotatable bonds is 3. The summed E-state index contributed by atoms with van der Waals surface area (Å²) in [5.41, 5.74) is 4.75. The molecule has 0 heterocycles. The molecule has 108 valence electrons. The number of benzene rings is 2. The molecule has 0 bridgehead atoms. The van der Waals surface area contributed by atoms with E-state index in [1.54, 1.807) is 36.4 Å². The molecule has 3 amide bonds. The van der Waals surface area contributed by atoms with Crippen LogP contribution in [-0.2, 0) is 0 Å². The zero-order valence-electron chi connectivity index (χ0n) is 10.9. The van der Waals surface area contributed by atoms with E-state index in [1.807, 2.05) is 11.0 Å². The summed E-state index contributed by atoms with van der Waals surface area (Å²) in [6.45, 7) is 0. The van der Waals surface area contributed by atoms with E-state index in [0.717, 1.165) is 0 Å². The van der Waals surface area contributed by atoms with E-state index in [1.165, 1.54) is 12.1 Å². The number of halogens is 1. The number of nitrogens with two attached hydrogens (primary N) is 1. The maximum Gasteiger partial charge on any atom is 0.337 e.